The second kappa shape index (κ2) is 3.91. The zero-order valence-electron chi connectivity index (χ0n) is 6.38. The molecule has 1 rings (SSSR count). The smallest absolute Gasteiger partial charge is 0.140 e. The Hall–Kier alpha value is -1.12. The lowest BCUT2D eigenvalue weighted by molar-refractivity contribution is 0.271. The van der Waals surface area contributed by atoms with Crippen molar-refractivity contribution in [3.8, 4) is 5.75 Å². The van der Waals surface area contributed by atoms with Gasteiger partial charge in [-0.2, -0.15) is 0 Å². The molecule has 0 saturated carbocycles. The quantitative estimate of drug-likeness (QED) is 0.663. The van der Waals surface area contributed by atoms with Crippen LogP contribution in [0.5, 0.6) is 5.75 Å². The number of nitrogens with zero attached hydrogens (tertiary/aromatic N) is 1. The number of hydrogen-bond donors (Lipinski definition) is 0. The molecular weight excluding hydrogens is 145 g/mol. The molecule has 0 atom stereocenters. The molecule has 11 heavy (non-hydrogen) atoms. The predicted octanol–water partition coefficient (Wildman–Crippen LogP) is 1.74. The van der Waals surface area contributed by atoms with Crippen LogP contribution in [0.1, 0.15) is 5.69 Å². The summed E-state index contributed by atoms with van der Waals surface area (Å²) in [6.45, 7) is 1.47. The summed E-state index contributed by atoms with van der Waals surface area (Å²) in [7, 11) is 0. The van der Waals surface area contributed by atoms with Crippen LogP contribution in [0.2, 0.25) is 0 Å². The molecule has 1 aromatic rings. The van der Waals surface area contributed by atoms with Crippen LogP contribution in [-0.2, 0) is 0 Å². The van der Waals surface area contributed by atoms with Crippen molar-refractivity contribution < 1.29 is 9.13 Å². The minimum Gasteiger partial charge on any atom is -0.489 e. The van der Waals surface area contributed by atoms with E-state index in [1.165, 1.54) is 0 Å². The van der Waals surface area contributed by atoms with Gasteiger partial charge in [-0.25, -0.2) is 4.39 Å². The third kappa shape index (κ3) is 2.18. The number of rotatable bonds is 3. The molecule has 2 nitrogen and oxygen atoms in total. The number of pyridine rings is 1. The summed E-state index contributed by atoms with van der Waals surface area (Å²) in [6.07, 6.45) is 1.68. The summed E-state index contributed by atoms with van der Waals surface area (Å²) in [6, 6.07) is 3.54. The molecule has 0 aliphatic rings. The molecule has 0 aliphatic heterocycles. The fourth-order valence-electron chi connectivity index (χ4n) is 0.771. The van der Waals surface area contributed by atoms with Crippen LogP contribution in [0, 0.1) is 6.92 Å². The fraction of sp³-hybridized carbons (Fsp3) is 0.375. The Morgan fingerprint density at radius 2 is 2.45 bits per heavy atom. The second-order valence-electron chi connectivity index (χ2n) is 2.12. The van der Waals surface area contributed by atoms with E-state index in [0.717, 1.165) is 5.69 Å². The number of hydrogen-bond acceptors (Lipinski definition) is 2. The Labute approximate surface area is 65.0 Å². The molecule has 0 aliphatic carbocycles. The van der Waals surface area contributed by atoms with E-state index in [4.69, 9.17) is 4.74 Å². The molecule has 0 amide bonds. The van der Waals surface area contributed by atoms with Gasteiger partial charge in [-0.15, -0.1) is 0 Å². The zero-order chi connectivity index (χ0) is 8.10. The van der Waals surface area contributed by atoms with E-state index in [-0.39, 0.29) is 6.61 Å². The van der Waals surface area contributed by atoms with E-state index >= 15 is 0 Å². The van der Waals surface area contributed by atoms with Crippen molar-refractivity contribution in [1.29, 1.82) is 0 Å². The largest absolute Gasteiger partial charge is 0.489 e. The third-order valence-corrected chi connectivity index (χ3v) is 1.29. The molecule has 3 heteroatoms. The lowest BCUT2D eigenvalue weighted by atomic mass is 10.3. The summed E-state index contributed by atoms with van der Waals surface area (Å²) in [4.78, 5) is 3.98. The minimum absolute atomic E-state index is 0.104. The highest BCUT2D eigenvalue weighted by Crippen LogP contribution is 2.12. The average Bonchev–Trinajstić information content (AvgIpc) is 2.03. The first-order valence-electron chi connectivity index (χ1n) is 3.45. The Kier molecular flexibility index (Phi) is 2.83. The van der Waals surface area contributed by atoms with Crippen LogP contribution in [0.3, 0.4) is 0 Å². The van der Waals surface area contributed by atoms with Gasteiger partial charge in [0.25, 0.3) is 0 Å². The second-order valence-corrected chi connectivity index (χ2v) is 2.12. The van der Waals surface area contributed by atoms with E-state index in [2.05, 4.69) is 4.98 Å². The van der Waals surface area contributed by atoms with Crippen LogP contribution < -0.4 is 4.74 Å². The maximum Gasteiger partial charge on any atom is 0.140 e. The maximum absolute atomic E-state index is 11.7. The van der Waals surface area contributed by atoms with Crippen molar-refractivity contribution in [3.05, 3.63) is 24.0 Å². The average molecular weight is 155 g/mol. The van der Waals surface area contributed by atoms with E-state index in [9.17, 15) is 4.39 Å². The first kappa shape index (κ1) is 7.98. The number of aromatic nitrogens is 1. The zero-order valence-corrected chi connectivity index (χ0v) is 6.38. The Morgan fingerprint density at radius 1 is 1.64 bits per heavy atom. The minimum atomic E-state index is -0.464. The Balaban J connectivity index is 2.62. The van der Waals surface area contributed by atoms with Gasteiger partial charge < -0.3 is 4.74 Å². The topological polar surface area (TPSA) is 22.1 Å². The predicted molar refractivity (Wildman–Crippen MR) is 40.4 cm³/mol. The van der Waals surface area contributed by atoms with Gasteiger partial charge in [0.05, 0.1) is 5.69 Å². The highest BCUT2D eigenvalue weighted by atomic mass is 19.1. The Morgan fingerprint density at radius 3 is 3.09 bits per heavy atom. The molecule has 60 valence electrons. The lowest BCUT2D eigenvalue weighted by Gasteiger charge is -2.04. The van der Waals surface area contributed by atoms with Gasteiger partial charge in [0.2, 0.25) is 0 Å². The van der Waals surface area contributed by atoms with Crippen LogP contribution in [-0.4, -0.2) is 18.3 Å². The molecule has 0 spiro atoms. The molecule has 1 aromatic heterocycles. The molecule has 0 fully saturated rings. The summed E-state index contributed by atoms with van der Waals surface area (Å²) >= 11 is 0. The first-order valence-corrected chi connectivity index (χ1v) is 3.45. The molecular formula is C8H10FNO. The summed E-state index contributed by atoms with van der Waals surface area (Å²) in [5.74, 6) is 0.658. The van der Waals surface area contributed by atoms with Crippen molar-refractivity contribution in [2.75, 3.05) is 13.3 Å². The normalized spacial score (nSPS) is 9.64. The van der Waals surface area contributed by atoms with Crippen molar-refractivity contribution in [2.24, 2.45) is 0 Å². The van der Waals surface area contributed by atoms with Crippen LogP contribution in [0.15, 0.2) is 18.3 Å². The van der Waals surface area contributed by atoms with E-state index in [0.29, 0.717) is 5.75 Å². The van der Waals surface area contributed by atoms with Gasteiger partial charge in [0.1, 0.15) is 19.0 Å². The van der Waals surface area contributed by atoms with Crippen LogP contribution in [0.25, 0.3) is 0 Å². The molecule has 0 unspecified atom stereocenters. The number of aryl methyl sites for hydroxylation is 1. The van der Waals surface area contributed by atoms with Gasteiger partial charge in [-0.05, 0) is 19.1 Å². The van der Waals surface area contributed by atoms with Gasteiger partial charge in [-0.1, -0.05) is 0 Å². The molecule has 0 saturated heterocycles. The van der Waals surface area contributed by atoms with Crippen molar-refractivity contribution >= 4 is 0 Å². The number of halogens is 1. The van der Waals surface area contributed by atoms with Crippen molar-refractivity contribution in [3.63, 3.8) is 0 Å². The molecule has 0 aromatic carbocycles. The first-order chi connectivity index (χ1) is 5.34. The Bertz CT molecular complexity index is 227. The highest BCUT2D eigenvalue weighted by molar-refractivity contribution is 5.25. The standard InChI is InChI=1S/C8H10FNO/c1-7-8(11-6-4-9)3-2-5-10-7/h2-3,5H,4,6H2,1H3. The fourth-order valence-corrected chi connectivity index (χ4v) is 0.771. The van der Waals surface area contributed by atoms with Gasteiger partial charge in [0, 0.05) is 6.20 Å². The lowest BCUT2D eigenvalue weighted by Crippen LogP contribution is -2.00. The monoisotopic (exact) mass is 155 g/mol. The van der Waals surface area contributed by atoms with Crippen LogP contribution in [0.4, 0.5) is 4.39 Å². The van der Waals surface area contributed by atoms with Gasteiger partial charge in [0.15, 0.2) is 0 Å². The van der Waals surface area contributed by atoms with E-state index in [1.807, 2.05) is 6.92 Å². The number of alkyl halides is 1. The third-order valence-electron chi connectivity index (χ3n) is 1.29. The van der Waals surface area contributed by atoms with Crippen molar-refractivity contribution in [2.45, 2.75) is 6.92 Å². The summed E-state index contributed by atoms with van der Waals surface area (Å²) in [5.41, 5.74) is 0.793. The molecule has 1 heterocycles. The van der Waals surface area contributed by atoms with E-state index < -0.39 is 6.67 Å². The summed E-state index contributed by atoms with van der Waals surface area (Å²) < 4.78 is 16.7. The van der Waals surface area contributed by atoms with Crippen LogP contribution >= 0.6 is 0 Å². The SMILES string of the molecule is Cc1ncccc1OCCF. The molecule has 0 bridgehead atoms. The van der Waals surface area contributed by atoms with E-state index in [1.54, 1.807) is 18.3 Å². The summed E-state index contributed by atoms with van der Waals surface area (Å²) in [5, 5.41) is 0. The maximum atomic E-state index is 11.7. The highest BCUT2D eigenvalue weighted by Gasteiger charge is 1.96. The van der Waals surface area contributed by atoms with Gasteiger partial charge >= 0.3 is 0 Å². The van der Waals surface area contributed by atoms with Gasteiger partial charge in [-0.3, -0.25) is 4.98 Å². The number of ether oxygens (including phenoxy) is 1. The molecule has 0 radical (unpaired) electrons. The van der Waals surface area contributed by atoms with Crippen molar-refractivity contribution in [1.82, 2.24) is 4.98 Å². The molecule has 0 N–H and O–H groups in total.